The Kier molecular flexibility index (Phi) is 4.34. The Morgan fingerprint density at radius 2 is 2.20 bits per heavy atom. The molecule has 0 bridgehead atoms. The molecule has 1 aromatic rings. The fourth-order valence-corrected chi connectivity index (χ4v) is 1.43. The fourth-order valence-electron chi connectivity index (χ4n) is 1.43. The molecule has 1 heterocycles. The summed E-state index contributed by atoms with van der Waals surface area (Å²) in [6.07, 6.45) is 3.62. The number of carbonyl (C=O) groups excluding carboxylic acids is 1. The second-order valence-electron chi connectivity index (χ2n) is 3.69. The molecule has 4 nitrogen and oxygen atoms in total. The van der Waals surface area contributed by atoms with Crippen LogP contribution < -0.4 is 5.32 Å². The van der Waals surface area contributed by atoms with Crippen LogP contribution in [0.3, 0.4) is 0 Å². The van der Waals surface area contributed by atoms with Gasteiger partial charge in [-0.25, -0.2) is 0 Å². The molecule has 0 atom stereocenters. The summed E-state index contributed by atoms with van der Waals surface area (Å²) in [5, 5.41) is 6.46. The Morgan fingerprint density at radius 3 is 2.67 bits per heavy atom. The van der Waals surface area contributed by atoms with E-state index in [0.717, 1.165) is 19.4 Å². The summed E-state index contributed by atoms with van der Waals surface area (Å²) in [6, 6.07) is 0. The van der Waals surface area contributed by atoms with E-state index in [1.165, 1.54) is 6.20 Å². The van der Waals surface area contributed by atoms with Crippen LogP contribution in [-0.2, 0) is 0 Å². The lowest BCUT2D eigenvalue weighted by Crippen LogP contribution is -2.29. The SMILES string of the molecule is CCC(CC)CNC(=O)c1cnoc1C. The van der Waals surface area contributed by atoms with Gasteiger partial charge < -0.3 is 9.84 Å². The molecule has 0 aromatic carbocycles. The third-order valence-electron chi connectivity index (χ3n) is 2.70. The van der Waals surface area contributed by atoms with Crippen molar-refractivity contribution in [3.63, 3.8) is 0 Å². The standard InChI is InChI=1S/C11H18N2O2/c1-4-9(5-2)6-12-11(14)10-7-13-15-8(10)3/h7,9H,4-6H2,1-3H3,(H,12,14). The average molecular weight is 210 g/mol. The smallest absolute Gasteiger partial charge is 0.256 e. The summed E-state index contributed by atoms with van der Waals surface area (Å²) in [6.45, 7) is 6.71. The summed E-state index contributed by atoms with van der Waals surface area (Å²) in [4.78, 5) is 11.7. The summed E-state index contributed by atoms with van der Waals surface area (Å²) in [5.41, 5.74) is 0.529. The van der Waals surface area contributed by atoms with Gasteiger partial charge in [-0.2, -0.15) is 0 Å². The summed E-state index contributed by atoms with van der Waals surface area (Å²) < 4.78 is 4.83. The third kappa shape index (κ3) is 3.08. The minimum atomic E-state index is -0.0966. The fraction of sp³-hybridized carbons (Fsp3) is 0.636. The van der Waals surface area contributed by atoms with Crippen molar-refractivity contribution in [2.24, 2.45) is 5.92 Å². The quantitative estimate of drug-likeness (QED) is 0.810. The zero-order chi connectivity index (χ0) is 11.3. The zero-order valence-corrected chi connectivity index (χ0v) is 9.54. The Labute approximate surface area is 90.0 Å². The lowest BCUT2D eigenvalue weighted by atomic mass is 10.0. The molecule has 0 saturated heterocycles. The van der Waals surface area contributed by atoms with Gasteiger partial charge in [0.15, 0.2) is 0 Å². The van der Waals surface area contributed by atoms with Gasteiger partial charge in [0.25, 0.3) is 5.91 Å². The normalized spacial score (nSPS) is 10.7. The molecule has 4 heteroatoms. The molecule has 0 aliphatic carbocycles. The van der Waals surface area contributed by atoms with Crippen LogP contribution in [0.25, 0.3) is 0 Å². The van der Waals surface area contributed by atoms with Crippen LogP contribution in [0.15, 0.2) is 10.7 Å². The maximum atomic E-state index is 11.7. The van der Waals surface area contributed by atoms with Gasteiger partial charge >= 0.3 is 0 Å². The maximum Gasteiger partial charge on any atom is 0.256 e. The van der Waals surface area contributed by atoms with Crippen molar-refractivity contribution in [3.8, 4) is 0 Å². The van der Waals surface area contributed by atoms with Crippen LogP contribution in [0.5, 0.6) is 0 Å². The minimum absolute atomic E-state index is 0.0966. The monoisotopic (exact) mass is 210 g/mol. The predicted octanol–water partition coefficient (Wildman–Crippen LogP) is 2.15. The van der Waals surface area contributed by atoms with Gasteiger partial charge in [0.05, 0.1) is 6.20 Å². The molecule has 0 spiro atoms. The first-order valence-electron chi connectivity index (χ1n) is 5.38. The molecule has 0 aliphatic heterocycles. The summed E-state index contributed by atoms with van der Waals surface area (Å²) in [5.74, 6) is 1.02. The van der Waals surface area contributed by atoms with E-state index in [2.05, 4.69) is 24.3 Å². The molecule has 0 radical (unpaired) electrons. The number of nitrogens with zero attached hydrogens (tertiary/aromatic N) is 1. The van der Waals surface area contributed by atoms with E-state index in [4.69, 9.17) is 4.52 Å². The maximum absolute atomic E-state index is 11.7. The van der Waals surface area contributed by atoms with Crippen molar-refractivity contribution in [3.05, 3.63) is 17.5 Å². The van der Waals surface area contributed by atoms with E-state index in [1.807, 2.05) is 0 Å². The molecular weight excluding hydrogens is 192 g/mol. The molecular formula is C11H18N2O2. The highest BCUT2D eigenvalue weighted by molar-refractivity contribution is 5.94. The summed E-state index contributed by atoms with van der Waals surface area (Å²) >= 11 is 0. The van der Waals surface area contributed by atoms with Crippen molar-refractivity contribution in [1.29, 1.82) is 0 Å². The number of amides is 1. The zero-order valence-electron chi connectivity index (χ0n) is 9.54. The van der Waals surface area contributed by atoms with Crippen molar-refractivity contribution in [1.82, 2.24) is 10.5 Å². The average Bonchev–Trinajstić information content (AvgIpc) is 2.66. The van der Waals surface area contributed by atoms with Crippen molar-refractivity contribution in [2.45, 2.75) is 33.6 Å². The van der Waals surface area contributed by atoms with Gasteiger partial charge in [0.1, 0.15) is 11.3 Å². The molecule has 0 saturated carbocycles. The Balaban J connectivity index is 2.47. The second-order valence-corrected chi connectivity index (χ2v) is 3.69. The highest BCUT2D eigenvalue weighted by Crippen LogP contribution is 2.08. The van der Waals surface area contributed by atoms with Gasteiger partial charge in [-0.3, -0.25) is 4.79 Å². The second kappa shape index (κ2) is 5.53. The minimum Gasteiger partial charge on any atom is -0.361 e. The molecule has 1 rings (SSSR count). The van der Waals surface area contributed by atoms with E-state index in [0.29, 0.717) is 17.2 Å². The largest absolute Gasteiger partial charge is 0.361 e. The van der Waals surface area contributed by atoms with E-state index < -0.39 is 0 Å². The Morgan fingerprint density at radius 1 is 1.53 bits per heavy atom. The highest BCUT2D eigenvalue weighted by Gasteiger charge is 2.13. The molecule has 1 amide bonds. The molecule has 1 aromatic heterocycles. The Hall–Kier alpha value is -1.32. The first kappa shape index (κ1) is 11.8. The Bertz CT molecular complexity index is 316. The van der Waals surface area contributed by atoms with E-state index in [1.54, 1.807) is 6.92 Å². The van der Waals surface area contributed by atoms with Crippen LogP contribution in [0.2, 0.25) is 0 Å². The number of hydrogen-bond donors (Lipinski definition) is 1. The highest BCUT2D eigenvalue weighted by atomic mass is 16.5. The van der Waals surface area contributed by atoms with Gasteiger partial charge in [-0.1, -0.05) is 31.8 Å². The van der Waals surface area contributed by atoms with E-state index in [-0.39, 0.29) is 5.91 Å². The molecule has 0 fully saturated rings. The van der Waals surface area contributed by atoms with Crippen LogP contribution in [0.4, 0.5) is 0 Å². The lowest BCUT2D eigenvalue weighted by Gasteiger charge is -2.12. The number of carbonyl (C=O) groups is 1. The van der Waals surface area contributed by atoms with Crippen LogP contribution in [0, 0.1) is 12.8 Å². The number of aromatic nitrogens is 1. The molecule has 0 aliphatic rings. The third-order valence-corrected chi connectivity index (χ3v) is 2.70. The lowest BCUT2D eigenvalue weighted by molar-refractivity contribution is 0.0945. The van der Waals surface area contributed by atoms with Gasteiger partial charge in [-0.05, 0) is 12.8 Å². The van der Waals surface area contributed by atoms with E-state index >= 15 is 0 Å². The van der Waals surface area contributed by atoms with E-state index in [9.17, 15) is 4.79 Å². The first-order valence-corrected chi connectivity index (χ1v) is 5.38. The van der Waals surface area contributed by atoms with Gasteiger partial charge in [-0.15, -0.1) is 0 Å². The van der Waals surface area contributed by atoms with Crippen LogP contribution >= 0.6 is 0 Å². The predicted molar refractivity (Wildman–Crippen MR) is 57.6 cm³/mol. The summed E-state index contributed by atoms with van der Waals surface area (Å²) in [7, 11) is 0. The van der Waals surface area contributed by atoms with Crippen LogP contribution in [-0.4, -0.2) is 17.6 Å². The van der Waals surface area contributed by atoms with Crippen molar-refractivity contribution < 1.29 is 9.32 Å². The first-order chi connectivity index (χ1) is 7.19. The van der Waals surface area contributed by atoms with Gasteiger partial charge in [0, 0.05) is 6.54 Å². The topological polar surface area (TPSA) is 55.1 Å². The van der Waals surface area contributed by atoms with Gasteiger partial charge in [0.2, 0.25) is 0 Å². The molecule has 0 unspecified atom stereocenters. The van der Waals surface area contributed by atoms with Crippen LogP contribution in [0.1, 0.15) is 42.8 Å². The molecule has 15 heavy (non-hydrogen) atoms. The molecule has 1 N–H and O–H groups in total. The molecule has 84 valence electrons. The van der Waals surface area contributed by atoms with Crippen molar-refractivity contribution in [2.75, 3.05) is 6.54 Å². The number of hydrogen-bond acceptors (Lipinski definition) is 3. The van der Waals surface area contributed by atoms with Crippen molar-refractivity contribution >= 4 is 5.91 Å². The number of rotatable bonds is 5. The number of aryl methyl sites for hydroxylation is 1. The number of nitrogens with one attached hydrogen (secondary N) is 1.